The molecule has 0 radical (unpaired) electrons. The van der Waals surface area contributed by atoms with Crippen LogP contribution in [0.1, 0.15) is 0 Å². The second kappa shape index (κ2) is 5.30. The predicted octanol–water partition coefficient (Wildman–Crippen LogP) is 2.46. The van der Waals surface area contributed by atoms with E-state index in [1.807, 2.05) is 0 Å². The summed E-state index contributed by atoms with van der Waals surface area (Å²) in [5, 5.41) is 3.88. The van der Waals surface area contributed by atoms with E-state index < -0.39 is 21.7 Å². The molecule has 0 saturated carbocycles. The molecule has 0 amide bonds. The molecule has 0 spiro atoms. The van der Waals surface area contributed by atoms with Gasteiger partial charge in [0.15, 0.2) is 5.82 Å². The van der Waals surface area contributed by atoms with E-state index in [2.05, 4.69) is 10.1 Å². The van der Waals surface area contributed by atoms with Gasteiger partial charge in [0, 0.05) is 5.56 Å². The Morgan fingerprint density at radius 3 is 2.00 bits per heavy atom. The first-order valence-corrected chi connectivity index (χ1v) is 7.59. The summed E-state index contributed by atoms with van der Waals surface area (Å²) in [4.78, 5) is 3.79. The molecule has 0 N–H and O–H groups in total. The first kappa shape index (κ1) is 14.3. The molecule has 0 saturated heterocycles. The van der Waals surface area contributed by atoms with Crippen molar-refractivity contribution in [2.75, 3.05) is 0 Å². The first-order valence-electron chi connectivity index (χ1n) is 6.15. The average molecular weight is 321 g/mol. The largest absolute Gasteiger partial charge is 0.284 e. The van der Waals surface area contributed by atoms with Gasteiger partial charge in [0.25, 0.3) is 10.0 Å². The van der Waals surface area contributed by atoms with Crippen molar-refractivity contribution in [3.63, 3.8) is 0 Å². The first-order chi connectivity index (χ1) is 10.5. The molecule has 0 aliphatic carbocycles. The zero-order valence-corrected chi connectivity index (χ0v) is 11.8. The molecule has 0 aliphatic rings. The quantitative estimate of drug-likeness (QED) is 0.743. The van der Waals surface area contributed by atoms with Crippen LogP contribution in [0.25, 0.3) is 11.4 Å². The van der Waals surface area contributed by atoms with Crippen LogP contribution in [-0.4, -0.2) is 22.6 Å². The third-order valence-electron chi connectivity index (χ3n) is 2.93. The van der Waals surface area contributed by atoms with E-state index in [0.29, 0.717) is 9.65 Å². The fourth-order valence-corrected chi connectivity index (χ4v) is 2.86. The van der Waals surface area contributed by atoms with Crippen LogP contribution in [0.4, 0.5) is 8.78 Å². The Bertz CT molecular complexity index is 904. The summed E-state index contributed by atoms with van der Waals surface area (Å²) in [5.74, 6) is -0.808. The maximum absolute atomic E-state index is 12.9. The lowest BCUT2D eigenvalue weighted by Gasteiger charge is -2.03. The Labute approximate surface area is 124 Å². The van der Waals surface area contributed by atoms with Crippen LogP contribution in [-0.2, 0) is 10.0 Å². The van der Waals surface area contributed by atoms with Gasteiger partial charge in [-0.2, -0.15) is 8.42 Å². The van der Waals surface area contributed by atoms with Crippen molar-refractivity contribution in [3.05, 3.63) is 66.5 Å². The van der Waals surface area contributed by atoms with Gasteiger partial charge in [-0.05, 0) is 48.5 Å². The van der Waals surface area contributed by atoms with E-state index in [1.165, 1.54) is 24.3 Å². The molecule has 3 rings (SSSR count). The molecule has 5 nitrogen and oxygen atoms in total. The highest BCUT2D eigenvalue weighted by molar-refractivity contribution is 7.89. The summed E-state index contributed by atoms with van der Waals surface area (Å²) in [7, 11) is -3.95. The van der Waals surface area contributed by atoms with Gasteiger partial charge in [-0.3, -0.25) is 0 Å². The summed E-state index contributed by atoms with van der Waals surface area (Å²) in [5.41, 5.74) is 0.481. The molecule has 1 heterocycles. The Balaban J connectivity index is 1.99. The molecule has 0 fully saturated rings. The second-order valence-electron chi connectivity index (χ2n) is 4.41. The van der Waals surface area contributed by atoms with Crippen molar-refractivity contribution >= 4 is 10.0 Å². The predicted molar refractivity (Wildman–Crippen MR) is 74.4 cm³/mol. The number of hydrogen-bond acceptors (Lipinski definition) is 4. The normalized spacial score (nSPS) is 11.5. The molecule has 0 atom stereocenters. The molecule has 22 heavy (non-hydrogen) atoms. The van der Waals surface area contributed by atoms with E-state index in [4.69, 9.17) is 0 Å². The Morgan fingerprint density at radius 1 is 0.864 bits per heavy atom. The van der Waals surface area contributed by atoms with Gasteiger partial charge >= 0.3 is 0 Å². The molecular formula is C14H9F2N3O2S. The average Bonchev–Trinajstić information content (AvgIpc) is 2.99. The lowest BCUT2D eigenvalue weighted by Crippen LogP contribution is -2.13. The van der Waals surface area contributed by atoms with Crippen molar-refractivity contribution in [3.8, 4) is 11.4 Å². The summed E-state index contributed by atoms with van der Waals surface area (Å²) in [6, 6.07) is 9.72. The second-order valence-corrected chi connectivity index (χ2v) is 6.20. The molecule has 112 valence electrons. The van der Waals surface area contributed by atoms with Crippen molar-refractivity contribution in [1.29, 1.82) is 0 Å². The molecule has 2 aromatic carbocycles. The molecule has 8 heteroatoms. The van der Waals surface area contributed by atoms with E-state index in [9.17, 15) is 17.2 Å². The van der Waals surface area contributed by atoms with E-state index in [1.54, 1.807) is 0 Å². The van der Waals surface area contributed by atoms with Crippen molar-refractivity contribution in [2.45, 2.75) is 4.90 Å². The molecule has 0 unspecified atom stereocenters. The molecule has 0 bridgehead atoms. The summed E-state index contributed by atoms with van der Waals surface area (Å²) >= 11 is 0. The van der Waals surface area contributed by atoms with Gasteiger partial charge in [-0.15, -0.1) is 9.19 Å². The van der Waals surface area contributed by atoms with Gasteiger partial charge < -0.3 is 0 Å². The minimum Gasteiger partial charge on any atom is -0.214 e. The fraction of sp³-hybridized carbons (Fsp3) is 0. The van der Waals surface area contributed by atoms with E-state index >= 15 is 0 Å². The van der Waals surface area contributed by atoms with Gasteiger partial charge in [-0.1, -0.05) is 0 Å². The number of hydrogen-bond donors (Lipinski definition) is 0. The molecule has 0 aliphatic heterocycles. The molecular weight excluding hydrogens is 312 g/mol. The monoisotopic (exact) mass is 321 g/mol. The highest BCUT2D eigenvalue weighted by Gasteiger charge is 2.19. The van der Waals surface area contributed by atoms with Gasteiger partial charge in [0.2, 0.25) is 0 Å². The molecule has 3 aromatic rings. The Hall–Kier alpha value is -2.61. The third kappa shape index (κ3) is 2.60. The van der Waals surface area contributed by atoms with Crippen LogP contribution in [0.2, 0.25) is 0 Å². The maximum Gasteiger partial charge on any atom is 0.284 e. The fourth-order valence-electron chi connectivity index (χ4n) is 1.81. The van der Waals surface area contributed by atoms with Crippen LogP contribution in [0.5, 0.6) is 0 Å². The summed E-state index contributed by atoms with van der Waals surface area (Å²) in [6.07, 6.45) is 1.04. The summed E-state index contributed by atoms with van der Waals surface area (Å²) < 4.78 is 51.1. The van der Waals surface area contributed by atoms with E-state index in [0.717, 1.165) is 30.6 Å². The number of halogens is 2. The minimum absolute atomic E-state index is 0.107. The van der Waals surface area contributed by atoms with Gasteiger partial charge in [-0.25, -0.2) is 13.8 Å². The number of aromatic nitrogens is 3. The van der Waals surface area contributed by atoms with E-state index in [-0.39, 0.29) is 10.7 Å². The topological polar surface area (TPSA) is 64.8 Å². The Morgan fingerprint density at radius 2 is 1.41 bits per heavy atom. The van der Waals surface area contributed by atoms with Crippen molar-refractivity contribution in [1.82, 2.24) is 14.2 Å². The lowest BCUT2D eigenvalue weighted by atomic mass is 10.2. The molecule has 1 aromatic heterocycles. The van der Waals surface area contributed by atoms with Gasteiger partial charge in [0.05, 0.1) is 4.90 Å². The van der Waals surface area contributed by atoms with Crippen LogP contribution in [0, 0.1) is 11.6 Å². The van der Waals surface area contributed by atoms with Crippen LogP contribution in [0.3, 0.4) is 0 Å². The van der Waals surface area contributed by atoms with Crippen molar-refractivity contribution in [2.24, 2.45) is 0 Å². The number of benzene rings is 2. The maximum atomic E-state index is 12.9. The SMILES string of the molecule is O=S(=O)(c1ccc(F)cc1)n1cnc(-c2ccc(F)cc2)n1. The zero-order chi connectivity index (χ0) is 15.7. The van der Waals surface area contributed by atoms with Crippen LogP contribution >= 0.6 is 0 Å². The number of rotatable bonds is 3. The third-order valence-corrected chi connectivity index (χ3v) is 4.47. The minimum atomic E-state index is -3.95. The van der Waals surface area contributed by atoms with Crippen LogP contribution < -0.4 is 0 Å². The summed E-state index contributed by atoms with van der Waals surface area (Å²) in [6.45, 7) is 0. The smallest absolute Gasteiger partial charge is 0.214 e. The van der Waals surface area contributed by atoms with Gasteiger partial charge in [0.1, 0.15) is 18.0 Å². The highest BCUT2D eigenvalue weighted by Crippen LogP contribution is 2.18. The standard InChI is InChI=1S/C14H9F2N3O2S/c15-11-3-1-10(2-4-11)14-17-9-19(18-14)22(20,21)13-7-5-12(16)6-8-13/h1-9H. The highest BCUT2D eigenvalue weighted by atomic mass is 32.2. The number of nitrogens with zero attached hydrogens (tertiary/aromatic N) is 3. The Kier molecular flexibility index (Phi) is 3.45. The van der Waals surface area contributed by atoms with Crippen molar-refractivity contribution < 1.29 is 17.2 Å². The zero-order valence-electron chi connectivity index (χ0n) is 11.0. The van der Waals surface area contributed by atoms with Crippen LogP contribution in [0.15, 0.2) is 59.8 Å². The lowest BCUT2D eigenvalue weighted by molar-refractivity contribution is 0.579.